The molecule has 2 N–H and O–H groups in total. The number of carbonyl (C=O) groups is 2. The summed E-state index contributed by atoms with van der Waals surface area (Å²) in [7, 11) is 0. The Bertz CT molecular complexity index is 797. The van der Waals surface area contributed by atoms with Gasteiger partial charge in [-0.2, -0.15) is 0 Å². The first kappa shape index (κ1) is 19.6. The number of amides is 2. The first-order valence-corrected chi connectivity index (χ1v) is 9.98. The van der Waals surface area contributed by atoms with Crippen LogP contribution in [0, 0.1) is 5.92 Å². The van der Waals surface area contributed by atoms with Crippen molar-refractivity contribution in [2.75, 3.05) is 23.7 Å². The van der Waals surface area contributed by atoms with Crippen LogP contribution in [0.25, 0.3) is 0 Å². The second-order valence-electron chi connectivity index (χ2n) is 6.86. The fourth-order valence-electron chi connectivity index (χ4n) is 3.32. The molecular formula is C21H24BrN3O2. The predicted octanol–water partition coefficient (Wildman–Crippen LogP) is 4.13. The van der Waals surface area contributed by atoms with Gasteiger partial charge >= 0.3 is 0 Å². The summed E-state index contributed by atoms with van der Waals surface area (Å²) < 4.78 is 0.920. The number of piperidine rings is 1. The lowest BCUT2D eigenvalue weighted by Gasteiger charge is -2.35. The Morgan fingerprint density at radius 2 is 1.81 bits per heavy atom. The second-order valence-corrected chi connectivity index (χ2v) is 7.78. The van der Waals surface area contributed by atoms with E-state index in [1.807, 2.05) is 61.5 Å². The summed E-state index contributed by atoms with van der Waals surface area (Å²) in [5.41, 5.74) is 1.57. The van der Waals surface area contributed by atoms with Gasteiger partial charge in [-0.15, -0.1) is 0 Å². The highest BCUT2D eigenvalue weighted by Crippen LogP contribution is 2.22. The zero-order valence-electron chi connectivity index (χ0n) is 15.3. The van der Waals surface area contributed by atoms with Gasteiger partial charge in [0.25, 0.3) is 0 Å². The van der Waals surface area contributed by atoms with Gasteiger partial charge in [-0.3, -0.25) is 14.5 Å². The van der Waals surface area contributed by atoms with Gasteiger partial charge in [0.15, 0.2) is 0 Å². The van der Waals surface area contributed by atoms with Crippen LogP contribution in [-0.4, -0.2) is 35.8 Å². The maximum absolute atomic E-state index is 12.6. The lowest BCUT2D eigenvalue weighted by Crippen LogP contribution is -2.49. The molecule has 1 aliphatic rings. The zero-order valence-corrected chi connectivity index (χ0v) is 16.9. The van der Waals surface area contributed by atoms with Crippen LogP contribution < -0.4 is 10.6 Å². The molecule has 1 fully saturated rings. The number of para-hydroxylation sites is 1. The lowest BCUT2D eigenvalue weighted by atomic mass is 9.95. The van der Waals surface area contributed by atoms with E-state index in [1.165, 1.54) is 0 Å². The molecule has 0 aromatic heterocycles. The van der Waals surface area contributed by atoms with E-state index in [4.69, 9.17) is 0 Å². The molecule has 2 unspecified atom stereocenters. The summed E-state index contributed by atoms with van der Waals surface area (Å²) in [4.78, 5) is 27.3. The van der Waals surface area contributed by atoms with Gasteiger partial charge < -0.3 is 10.6 Å². The Balaban J connectivity index is 1.57. The monoisotopic (exact) mass is 429 g/mol. The minimum atomic E-state index is -0.295. The Morgan fingerprint density at radius 3 is 2.56 bits per heavy atom. The second kappa shape index (κ2) is 9.15. The van der Waals surface area contributed by atoms with E-state index in [2.05, 4.69) is 31.5 Å². The maximum atomic E-state index is 12.6. The van der Waals surface area contributed by atoms with Crippen LogP contribution in [0.1, 0.15) is 19.8 Å². The SMILES string of the molecule is CC(C(=O)Nc1cccc(Br)c1)N1CCCC(C(=O)Nc2ccccc2)C1. The van der Waals surface area contributed by atoms with Crippen molar-refractivity contribution < 1.29 is 9.59 Å². The molecule has 5 nitrogen and oxygen atoms in total. The third kappa shape index (κ3) is 5.40. The number of anilines is 2. The highest BCUT2D eigenvalue weighted by molar-refractivity contribution is 9.10. The molecule has 27 heavy (non-hydrogen) atoms. The largest absolute Gasteiger partial charge is 0.326 e. The first-order chi connectivity index (χ1) is 13.0. The molecule has 0 bridgehead atoms. The number of likely N-dealkylation sites (tertiary alicyclic amines) is 1. The van der Waals surface area contributed by atoms with Crippen LogP contribution in [0.15, 0.2) is 59.1 Å². The molecule has 2 aromatic rings. The number of carbonyl (C=O) groups excluding carboxylic acids is 2. The minimum Gasteiger partial charge on any atom is -0.326 e. The summed E-state index contributed by atoms with van der Waals surface area (Å²) in [6.45, 7) is 3.30. The molecular weight excluding hydrogens is 406 g/mol. The number of rotatable bonds is 5. The van der Waals surface area contributed by atoms with Crippen LogP contribution in [0.4, 0.5) is 11.4 Å². The summed E-state index contributed by atoms with van der Waals surface area (Å²) in [5, 5.41) is 5.93. The first-order valence-electron chi connectivity index (χ1n) is 9.19. The average Bonchev–Trinajstić information content (AvgIpc) is 2.68. The van der Waals surface area contributed by atoms with Crippen LogP contribution in [0.2, 0.25) is 0 Å². The third-order valence-electron chi connectivity index (χ3n) is 4.88. The van der Waals surface area contributed by atoms with E-state index in [-0.39, 0.29) is 23.8 Å². The van der Waals surface area contributed by atoms with Gasteiger partial charge in [0.2, 0.25) is 11.8 Å². The molecule has 3 rings (SSSR count). The molecule has 1 saturated heterocycles. The van der Waals surface area contributed by atoms with Crippen molar-refractivity contribution >= 4 is 39.1 Å². The van der Waals surface area contributed by atoms with Crippen LogP contribution in [0.3, 0.4) is 0 Å². The normalized spacial score (nSPS) is 18.5. The molecule has 0 radical (unpaired) electrons. The summed E-state index contributed by atoms with van der Waals surface area (Å²) in [6.07, 6.45) is 1.75. The fraction of sp³-hybridized carbons (Fsp3) is 0.333. The van der Waals surface area contributed by atoms with E-state index in [1.54, 1.807) is 0 Å². The number of hydrogen-bond donors (Lipinski definition) is 2. The molecule has 1 aliphatic heterocycles. The summed E-state index contributed by atoms with van der Waals surface area (Å²) in [6, 6.07) is 16.7. The van der Waals surface area contributed by atoms with Crippen molar-refractivity contribution in [3.05, 3.63) is 59.1 Å². The number of hydrogen-bond acceptors (Lipinski definition) is 3. The quantitative estimate of drug-likeness (QED) is 0.750. The van der Waals surface area contributed by atoms with Gasteiger partial charge in [-0.25, -0.2) is 0 Å². The topological polar surface area (TPSA) is 61.4 Å². The molecule has 6 heteroatoms. The van der Waals surface area contributed by atoms with Crippen molar-refractivity contribution in [1.82, 2.24) is 4.90 Å². The molecule has 0 aliphatic carbocycles. The number of nitrogens with zero attached hydrogens (tertiary/aromatic N) is 1. The highest BCUT2D eigenvalue weighted by atomic mass is 79.9. The van der Waals surface area contributed by atoms with Crippen LogP contribution in [0.5, 0.6) is 0 Å². The summed E-state index contributed by atoms with van der Waals surface area (Å²) in [5.74, 6) is -0.150. The molecule has 1 heterocycles. The highest BCUT2D eigenvalue weighted by Gasteiger charge is 2.30. The van der Waals surface area contributed by atoms with Gasteiger partial charge in [-0.1, -0.05) is 40.2 Å². The minimum absolute atomic E-state index is 0.0190. The number of benzene rings is 2. The smallest absolute Gasteiger partial charge is 0.241 e. The van der Waals surface area contributed by atoms with Crippen molar-refractivity contribution in [2.45, 2.75) is 25.8 Å². The maximum Gasteiger partial charge on any atom is 0.241 e. The lowest BCUT2D eigenvalue weighted by molar-refractivity contribution is -0.125. The van der Waals surface area contributed by atoms with Crippen molar-refractivity contribution in [2.24, 2.45) is 5.92 Å². The number of halogens is 1. The van der Waals surface area contributed by atoms with E-state index in [0.29, 0.717) is 6.54 Å². The van der Waals surface area contributed by atoms with E-state index in [9.17, 15) is 9.59 Å². The Hall–Kier alpha value is -2.18. The Morgan fingerprint density at radius 1 is 1.07 bits per heavy atom. The number of nitrogens with one attached hydrogen (secondary N) is 2. The standard InChI is InChI=1S/C21H24BrN3O2/c1-15(20(26)24-19-11-5-8-17(22)13-19)25-12-6-7-16(14-25)21(27)23-18-9-3-2-4-10-18/h2-5,8-11,13,15-16H,6-7,12,14H2,1H3,(H,23,27)(H,24,26). The average molecular weight is 430 g/mol. The van der Waals surface area contributed by atoms with E-state index >= 15 is 0 Å². The van der Waals surface area contributed by atoms with Gasteiger partial charge in [-0.05, 0) is 56.6 Å². The molecule has 2 amide bonds. The zero-order chi connectivity index (χ0) is 19.2. The van der Waals surface area contributed by atoms with Gasteiger partial charge in [0.05, 0.1) is 12.0 Å². The Labute approximate surface area is 168 Å². The molecule has 0 saturated carbocycles. The Kier molecular flexibility index (Phi) is 6.63. The molecule has 0 spiro atoms. The fourth-order valence-corrected chi connectivity index (χ4v) is 3.72. The van der Waals surface area contributed by atoms with E-state index < -0.39 is 0 Å². The summed E-state index contributed by atoms with van der Waals surface area (Å²) >= 11 is 3.41. The van der Waals surface area contributed by atoms with Crippen molar-refractivity contribution in [1.29, 1.82) is 0 Å². The van der Waals surface area contributed by atoms with Crippen LogP contribution >= 0.6 is 15.9 Å². The third-order valence-corrected chi connectivity index (χ3v) is 5.38. The van der Waals surface area contributed by atoms with Crippen molar-refractivity contribution in [3.8, 4) is 0 Å². The van der Waals surface area contributed by atoms with Crippen LogP contribution in [-0.2, 0) is 9.59 Å². The molecule has 2 atom stereocenters. The van der Waals surface area contributed by atoms with E-state index in [0.717, 1.165) is 35.2 Å². The van der Waals surface area contributed by atoms with Crippen molar-refractivity contribution in [3.63, 3.8) is 0 Å². The predicted molar refractivity (Wildman–Crippen MR) is 112 cm³/mol. The van der Waals surface area contributed by atoms with Gasteiger partial charge in [0, 0.05) is 22.4 Å². The molecule has 142 valence electrons. The molecule has 2 aromatic carbocycles. The van der Waals surface area contributed by atoms with Gasteiger partial charge in [0.1, 0.15) is 0 Å².